The van der Waals surface area contributed by atoms with Gasteiger partial charge in [0.05, 0.1) is 5.02 Å². The molecule has 0 atom stereocenters. The predicted molar refractivity (Wildman–Crippen MR) is 95.0 cm³/mol. The summed E-state index contributed by atoms with van der Waals surface area (Å²) >= 11 is 17.9. The molecule has 2 heterocycles. The Labute approximate surface area is 150 Å². The SMILES string of the molecule is Cn1c(C(=O)N2CCN(c3ccc(Cl)cc3)CC2)cc(Cl)c1Cl. The maximum Gasteiger partial charge on any atom is 0.270 e. The third kappa shape index (κ3) is 3.30. The van der Waals surface area contributed by atoms with E-state index in [1.54, 1.807) is 17.7 Å². The molecule has 3 rings (SSSR count). The summed E-state index contributed by atoms with van der Waals surface area (Å²) in [4.78, 5) is 16.7. The molecule has 7 heteroatoms. The van der Waals surface area contributed by atoms with Crippen LogP contribution in [0.2, 0.25) is 15.2 Å². The number of piperazine rings is 1. The number of benzene rings is 1. The summed E-state index contributed by atoms with van der Waals surface area (Å²) in [6.45, 7) is 2.86. The second-order valence-electron chi connectivity index (χ2n) is 5.48. The minimum Gasteiger partial charge on any atom is -0.368 e. The molecule has 0 saturated carbocycles. The molecule has 1 fully saturated rings. The summed E-state index contributed by atoms with van der Waals surface area (Å²) in [5.74, 6) is -0.0444. The van der Waals surface area contributed by atoms with Gasteiger partial charge in [0.1, 0.15) is 10.8 Å². The van der Waals surface area contributed by atoms with Gasteiger partial charge >= 0.3 is 0 Å². The highest BCUT2D eigenvalue weighted by atomic mass is 35.5. The van der Waals surface area contributed by atoms with Gasteiger partial charge in [0, 0.05) is 43.9 Å². The van der Waals surface area contributed by atoms with Gasteiger partial charge < -0.3 is 14.4 Å². The van der Waals surface area contributed by atoms with E-state index in [2.05, 4.69) is 4.90 Å². The molecule has 0 spiro atoms. The van der Waals surface area contributed by atoms with Crippen LogP contribution in [0.25, 0.3) is 0 Å². The standard InChI is InChI=1S/C16H16Cl3N3O/c1-20-14(10-13(18)15(20)19)16(23)22-8-6-21(7-9-22)12-4-2-11(17)3-5-12/h2-5,10H,6-9H2,1H3. The fourth-order valence-corrected chi connectivity index (χ4v) is 3.23. The van der Waals surface area contributed by atoms with Crippen molar-refractivity contribution >= 4 is 46.4 Å². The van der Waals surface area contributed by atoms with E-state index >= 15 is 0 Å². The molecule has 122 valence electrons. The van der Waals surface area contributed by atoms with E-state index in [-0.39, 0.29) is 5.91 Å². The highest BCUT2D eigenvalue weighted by molar-refractivity contribution is 6.41. The molecule has 4 nitrogen and oxygen atoms in total. The molecule has 23 heavy (non-hydrogen) atoms. The van der Waals surface area contributed by atoms with Crippen LogP contribution in [-0.4, -0.2) is 41.6 Å². The Morgan fingerprint density at radius 3 is 2.13 bits per heavy atom. The van der Waals surface area contributed by atoms with E-state index in [1.165, 1.54) is 0 Å². The molecule has 1 aromatic heterocycles. The van der Waals surface area contributed by atoms with Crippen molar-refractivity contribution in [3.8, 4) is 0 Å². The lowest BCUT2D eigenvalue weighted by molar-refractivity contribution is 0.0737. The van der Waals surface area contributed by atoms with E-state index < -0.39 is 0 Å². The lowest BCUT2D eigenvalue weighted by atomic mass is 10.2. The predicted octanol–water partition coefficient (Wildman–Crippen LogP) is 3.95. The van der Waals surface area contributed by atoms with Crippen LogP contribution >= 0.6 is 34.8 Å². The molecule has 1 saturated heterocycles. The van der Waals surface area contributed by atoms with E-state index in [1.807, 2.05) is 29.2 Å². The van der Waals surface area contributed by atoms with E-state index in [0.29, 0.717) is 29.0 Å². The molecule has 1 aromatic carbocycles. The van der Waals surface area contributed by atoms with Crippen molar-refractivity contribution in [2.75, 3.05) is 31.1 Å². The molecule has 0 N–H and O–H groups in total. The average Bonchev–Trinajstić information content (AvgIpc) is 2.83. The number of carbonyl (C=O) groups excluding carboxylic acids is 1. The van der Waals surface area contributed by atoms with Crippen LogP contribution in [0, 0.1) is 0 Å². The molecule has 1 aliphatic rings. The van der Waals surface area contributed by atoms with Gasteiger partial charge in [0.2, 0.25) is 0 Å². The number of nitrogens with zero attached hydrogens (tertiary/aromatic N) is 3. The van der Waals surface area contributed by atoms with Crippen molar-refractivity contribution in [3.05, 3.63) is 51.2 Å². The first-order valence-corrected chi connectivity index (χ1v) is 8.41. The number of aromatic nitrogens is 1. The summed E-state index contributed by atoms with van der Waals surface area (Å²) in [5.41, 5.74) is 1.63. The molecule has 1 aliphatic heterocycles. The zero-order valence-electron chi connectivity index (χ0n) is 12.6. The Morgan fingerprint density at radius 1 is 1.00 bits per heavy atom. The van der Waals surface area contributed by atoms with Crippen LogP contribution in [0.3, 0.4) is 0 Å². The molecule has 0 unspecified atom stereocenters. The maximum absolute atomic E-state index is 12.6. The van der Waals surface area contributed by atoms with E-state index in [9.17, 15) is 4.79 Å². The zero-order chi connectivity index (χ0) is 16.6. The van der Waals surface area contributed by atoms with Gasteiger partial charge in [-0.05, 0) is 30.3 Å². The number of hydrogen-bond acceptors (Lipinski definition) is 2. The summed E-state index contributed by atoms with van der Waals surface area (Å²) < 4.78 is 1.62. The fraction of sp³-hybridized carbons (Fsp3) is 0.312. The van der Waals surface area contributed by atoms with Crippen LogP contribution in [-0.2, 0) is 7.05 Å². The van der Waals surface area contributed by atoms with Gasteiger partial charge in [-0.15, -0.1) is 0 Å². The van der Waals surface area contributed by atoms with Gasteiger partial charge in [0.25, 0.3) is 5.91 Å². The third-order valence-electron chi connectivity index (χ3n) is 4.09. The van der Waals surface area contributed by atoms with Crippen LogP contribution in [0.15, 0.2) is 30.3 Å². The second kappa shape index (κ2) is 6.63. The largest absolute Gasteiger partial charge is 0.368 e. The average molecular weight is 373 g/mol. The quantitative estimate of drug-likeness (QED) is 0.798. The number of hydrogen-bond donors (Lipinski definition) is 0. The molecular formula is C16H16Cl3N3O. The van der Waals surface area contributed by atoms with Gasteiger partial charge in [-0.3, -0.25) is 4.79 Å². The molecule has 0 aliphatic carbocycles. The van der Waals surface area contributed by atoms with Crippen molar-refractivity contribution in [1.82, 2.24) is 9.47 Å². The van der Waals surface area contributed by atoms with Gasteiger partial charge in [0.15, 0.2) is 0 Å². The van der Waals surface area contributed by atoms with E-state index in [0.717, 1.165) is 23.8 Å². The number of rotatable bonds is 2. The number of anilines is 1. The highest BCUT2D eigenvalue weighted by Crippen LogP contribution is 2.26. The van der Waals surface area contributed by atoms with Gasteiger partial charge in [-0.2, -0.15) is 0 Å². The smallest absolute Gasteiger partial charge is 0.270 e. The highest BCUT2D eigenvalue weighted by Gasteiger charge is 2.25. The van der Waals surface area contributed by atoms with Gasteiger partial charge in [-0.1, -0.05) is 34.8 Å². The first-order chi connectivity index (χ1) is 11.0. The van der Waals surface area contributed by atoms with Crippen LogP contribution in [0.5, 0.6) is 0 Å². The summed E-state index contributed by atoms with van der Waals surface area (Å²) in [6, 6.07) is 9.37. The zero-order valence-corrected chi connectivity index (χ0v) is 14.9. The maximum atomic E-state index is 12.6. The summed E-state index contributed by atoms with van der Waals surface area (Å²) in [5, 5.41) is 1.51. The minimum absolute atomic E-state index is 0.0444. The lowest BCUT2D eigenvalue weighted by Crippen LogP contribution is -2.49. The molecule has 0 radical (unpaired) electrons. The van der Waals surface area contributed by atoms with Crippen molar-refractivity contribution in [2.45, 2.75) is 0 Å². The Morgan fingerprint density at radius 2 is 1.61 bits per heavy atom. The monoisotopic (exact) mass is 371 g/mol. The topological polar surface area (TPSA) is 28.5 Å². The van der Waals surface area contributed by atoms with Crippen molar-refractivity contribution in [1.29, 1.82) is 0 Å². The van der Waals surface area contributed by atoms with Crippen LogP contribution in [0.1, 0.15) is 10.5 Å². The van der Waals surface area contributed by atoms with Crippen molar-refractivity contribution in [3.63, 3.8) is 0 Å². The van der Waals surface area contributed by atoms with Crippen LogP contribution < -0.4 is 4.90 Å². The fourth-order valence-electron chi connectivity index (χ4n) is 2.73. The van der Waals surface area contributed by atoms with Crippen molar-refractivity contribution < 1.29 is 4.79 Å². The molecule has 1 amide bonds. The Balaban J connectivity index is 1.67. The number of halogens is 3. The second-order valence-corrected chi connectivity index (χ2v) is 6.68. The molecule has 2 aromatic rings. The minimum atomic E-state index is -0.0444. The van der Waals surface area contributed by atoms with E-state index in [4.69, 9.17) is 34.8 Å². The number of carbonyl (C=O) groups is 1. The molecular weight excluding hydrogens is 357 g/mol. The first-order valence-electron chi connectivity index (χ1n) is 7.28. The summed E-state index contributed by atoms with van der Waals surface area (Å²) in [7, 11) is 1.74. The van der Waals surface area contributed by atoms with Gasteiger partial charge in [-0.25, -0.2) is 0 Å². The normalized spacial score (nSPS) is 15.1. The Bertz CT molecular complexity index is 719. The van der Waals surface area contributed by atoms with Crippen LogP contribution in [0.4, 0.5) is 5.69 Å². The Kier molecular flexibility index (Phi) is 4.76. The molecule has 0 bridgehead atoms. The lowest BCUT2D eigenvalue weighted by Gasteiger charge is -2.36. The summed E-state index contributed by atoms with van der Waals surface area (Å²) in [6.07, 6.45) is 0. The number of amides is 1. The first kappa shape index (κ1) is 16.5. The third-order valence-corrected chi connectivity index (χ3v) is 5.19. The van der Waals surface area contributed by atoms with Crippen molar-refractivity contribution in [2.24, 2.45) is 7.05 Å². The Hall–Kier alpha value is -1.36.